The molecule has 0 spiro atoms. The molecule has 0 amide bonds. The highest BCUT2D eigenvalue weighted by Crippen LogP contribution is 2.25. The van der Waals surface area contributed by atoms with Gasteiger partial charge in [-0.1, -0.05) is 11.6 Å². The molecule has 0 aromatic heterocycles. The summed E-state index contributed by atoms with van der Waals surface area (Å²) in [7, 11) is 0. The van der Waals surface area contributed by atoms with Crippen LogP contribution in [0.2, 0.25) is 0 Å². The Hall–Kier alpha value is -0.800. The van der Waals surface area contributed by atoms with Gasteiger partial charge in [0, 0.05) is 11.1 Å². The highest BCUT2D eigenvalue weighted by atomic mass is 79.9. The van der Waals surface area contributed by atoms with Crippen LogP contribution in [0.25, 0.3) is 0 Å². The topological polar surface area (TPSA) is 26.3 Å². The summed E-state index contributed by atoms with van der Waals surface area (Å²) < 4.78 is 6.10. The van der Waals surface area contributed by atoms with Gasteiger partial charge in [0.1, 0.15) is 18.6 Å². The Morgan fingerprint density at radius 1 is 1.50 bits per heavy atom. The lowest BCUT2D eigenvalue weighted by Crippen LogP contribution is -1.94. The van der Waals surface area contributed by atoms with Crippen LogP contribution < -0.4 is 4.74 Å². The summed E-state index contributed by atoms with van der Waals surface area (Å²) in [4.78, 5) is 10.4. The Kier molecular flexibility index (Phi) is 4.70. The minimum absolute atomic E-state index is 0.405. The molecule has 1 aromatic rings. The van der Waals surface area contributed by atoms with E-state index in [0.29, 0.717) is 17.9 Å². The average molecular weight is 276 g/mol. The summed E-state index contributed by atoms with van der Waals surface area (Å²) in [6.07, 6.45) is 2.47. The van der Waals surface area contributed by atoms with Crippen molar-refractivity contribution in [3.05, 3.63) is 39.8 Å². The molecule has 1 aromatic carbocycles. The Bertz CT molecular complexity index is 350. The van der Waals surface area contributed by atoms with Crippen LogP contribution in [0.5, 0.6) is 5.75 Å². The second-order valence-electron chi connectivity index (χ2n) is 2.48. The lowest BCUT2D eigenvalue weighted by Gasteiger charge is -2.05. The average Bonchev–Trinajstić information content (AvgIpc) is 2.20. The van der Waals surface area contributed by atoms with Crippen LogP contribution in [0, 0.1) is 0 Å². The third-order valence-electron chi connectivity index (χ3n) is 1.52. The molecule has 0 aliphatic carbocycles. The normalized spacial score (nSPS) is 10.4. The second kappa shape index (κ2) is 5.83. The quantitative estimate of drug-likeness (QED) is 0.787. The van der Waals surface area contributed by atoms with Gasteiger partial charge in [0.2, 0.25) is 0 Å². The monoisotopic (exact) mass is 274 g/mol. The molecule has 0 saturated heterocycles. The van der Waals surface area contributed by atoms with E-state index in [4.69, 9.17) is 16.3 Å². The Morgan fingerprint density at radius 3 is 2.86 bits per heavy atom. The van der Waals surface area contributed by atoms with Gasteiger partial charge in [0.05, 0.1) is 4.47 Å². The molecule has 74 valence electrons. The highest BCUT2D eigenvalue weighted by molar-refractivity contribution is 9.10. The minimum atomic E-state index is 0.405. The molecule has 0 atom stereocenters. The fraction of sp³-hybridized carbons (Fsp3) is 0.100. The minimum Gasteiger partial charge on any atom is -0.488 e. The molecule has 0 aliphatic rings. The van der Waals surface area contributed by atoms with E-state index >= 15 is 0 Å². The molecule has 14 heavy (non-hydrogen) atoms. The molecule has 0 saturated carbocycles. The molecule has 1 rings (SSSR count). The number of benzene rings is 1. The van der Waals surface area contributed by atoms with E-state index in [9.17, 15) is 4.79 Å². The zero-order chi connectivity index (χ0) is 10.4. The summed E-state index contributed by atoms with van der Waals surface area (Å²) in [5, 5.41) is 0. The lowest BCUT2D eigenvalue weighted by atomic mass is 10.2. The molecule has 0 unspecified atom stereocenters. The van der Waals surface area contributed by atoms with Crippen LogP contribution in [-0.2, 0) is 0 Å². The maximum atomic E-state index is 10.4. The van der Waals surface area contributed by atoms with E-state index < -0.39 is 0 Å². The standard InChI is InChI=1S/C10H8BrClO2/c11-9-6-8(7-13)2-3-10(9)14-5-1-4-12/h1-4,6-7H,5H2. The van der Waals surface area contributed by atoms with Gasteiger partial charge in [-0.25, -0.2) is 0 Å². The molecular formula is C10H8BrClO2. The number of carbonyl (C=O) groups is 1. The summed E-state index contributed by atoms with van der Waals surface area (Å²) in [5.74, 6) is 0.686. The van der Waals surface area contributed by atoms with E-state index in [1.807, 2.05) is 0 Å². The summed E-state index contributed by atoms with van der Waals surface area (Å²) in [6, 6.07) is 5.13. The van der Waals surface area contributed by atoms with Crippen molar-refractivity contribution in [1.82, 2.24) is 0 Å². The molecule has 0 fully saturated rings. The largest absolute Gasteiger partial charge is 0.488 e. The van der Waals surface area contributed by atoms with E-state index in [2.05, 4.69) is 15.9 Å². The number of hydrogen-bond acceptors (Lipinski definition) is 2. The molecule has 0 aliphatic heterocycles. The van der Waals surface area contributed by atoms with E-state index in [-0.39, 0.29) is 0 Å². The first kappa shape index (κ1) is 11.3. The van der Waals surface area contributed by atoms with Gasteiger partial charge in [0.25, 0.3) is 0 Å². The van der Waals surface area contributed by atoms with E-state index in [1.54, 1.807) is 24.3 Å². The van der Waals surface area contributed by atoms with Gasteiger partial charge in [-0.2, -0.15) is 0 Å². The first-order valence-electron chi connectivity index (χ1n) is 3.90. The molecular weight excluding hydrogens is 267 g/mol. The predicted octanol–water partition coefficient (Wildman–Crippen LogP) is 3.39. The Morgan fingerprint density at radius 2 is 2.29 bits per heavy atom. The number of ether oxygens (including phenoxy) is 1. The third-order valence-corrected chi connectivity index (χ3v) is 2.31. The van der Waals surface area contributed by atoms with Crippen molar-refractivity contribution in [3.63, 3.8) is 0 Å². The van der Waals surface area contributed by atoms with Crippen LogP contribution in [0.3, 0.4) is 0 Å². The number of carbonyl (C=O) groups excluding carboxylic acids is 1. The van der Waals surface area contributed by atoms with E-state index in [0.717, 1.165) is 10.8 Å². The highest BCUT2D eigenvalue weighted by Gasteiger charge is 2.00. The molecule has 0 heterocycles. The first-order chi connectivity index (χ1) is 6.77. The molecule has 2 nitrogen and oxygen atoms in total. The van der Waals surface area contributed by atoms with Crippen LogP contribution >= 0.6 is 27.5 Å². The van der Waals surface area contributed by atoms with E-state index in [1.165, 1.54) is 5.54 Å². The number of halogens is 2. The van der Waals surface area contributed by atoms with Crippen molar-refractivity contribution >= 4 is 33.8 Å². The Balaban J connectivity index is 2.73. The maximum Gasteiger partial charge on any atom is 0.150 e. The van der Waals surface area contributed by atoms with Crippen molar-refractivity contribution in [2.75, 3.05) is 6.61 Å². The smallest absolute Gasteiger partial charge is 0.150 e. The summed E-state index contributed by atoms with van der Waals surface area (Å²) in [6.45, 7) is 0.405. The van der Waals surface area contributed by atoms with Crippen LogP contribution in [-0.4, -0.2) is 12.9 Å². The van der Waals surface area contributed by atoms with Gasteiger partial charge in [-0.3, -0.25) is 4.79 Å². The maximum absolute atomic E-state index is 10.4. The molecule has 0 bridgehead atoms. The zero-order valence-corrected chi connectivity index (χ0v) is 9.59. The third kappa shape index (κ3) is 3.16. The van der Waals surface area contributed by atoms with Crippen LogP contribution in [0.1, 0.15) is 10.4 Å². The predicted molar refractivity (Wildman–Crippen MR) is 60.0 cm³/mol. The molecule has 0 N–H and O–H groups in total. The van der Waals surface area contributed by atoms with Crippen LogP contribution in [0.15, 0.2) is 34.3 Å². The van der Waals surface area contributed by atoms with Gasteiger partial charge in [0.15, 0.2) is 0 Å². The molecule has 4 heteroatoms. The zero-order valence-electron chi connectivity index (χ0n) is 7.24. The fourth-order valence-corrected chi connectivity index (χ4v) is 1.47. The van der Waals surface area contributed by atoms with Gasteiger partial charge in [-0.05, 0) is 40.2 Å². The van der Waals surface area contributed by atoms with Gasteiger partial charge >= 0.3 is 0 Å². The van der Waals surface area contributed by atoms with Crippen molar-refractivity contribution < 1.29 is 9.53 Å². The van der Waals surface area contributed by atoms with Gasteiger partial charge < -0.3 is 4.74 Å². The first-order valence-corrected chi connectivity index (χ1v) is 5.13. The molecule has 0 radical (unpaired) electrons. The summed E-state index contributed by atoms with van der Waals surface area (Å²) in [5.41, 5.74) is 2.00. The SMILES string of the molecule is O=Cc1ccc(OCC=CCl)c(Br)c1. The van der Waals surface area contributed by atoms with Crippen LogP contribution in [0.4, 0.5) is 0 Å². The fourth-order valence-electron chi connectivity index (χ4n) is 0.882. The number of aldehydes is 1. The van der Waals surface area contributed by atoms with Crippen molar-refractivity contribution in [3.8, 4) is 5.75 Å². The lowest BCUT2D eigenvalue weighted by molar-refractivity contribution is 0.112. The van der Waals surface area contributed by atoms with Crippen molar-refractivity contribution in [2.45, 2.75) is 0 Å². The Labute approximate surface area is 95.6 Å². The number of rotatable bonds is 4. The van der Waals surface area contributed by atoms with Gasteiger partial charge in [-0.15, -0.1) is 0 Å². The number of hydrogen-bond donors (Lipinski definition) is 0. The van der Waals surface area contributed by atoms with Crippen molar-refractivity contribution in [1.29, 1.82) is 0 Å². The second-order valence-corrected chi connectivity index (χ2v) is 3.59. The van der Waals surface area contributed by atoms with Crippen molar-refractivity contribution in [2.24, 2.45) is 0 Å². The summed E-state index contributed by atoms with van der Waals surface area (Å²) >= 11 is 8.64.